The van der Waals surface area contributed by atoms with E-state index in [0.29, 0.717) is 0 Å². The first-order chi connectivity index (χ1) is 8.42. The second-order valence-corrected chi connectivity index (χ2v) is 6.11. The molecule has 0 aromatic rings. The van der Waals surface area contributed by atoms with Gasteiger partial charge >= 0.3 is 5.97 Å². The fourth-order valence-corrected chi connectivity index (χ4v) is 2.36. The number of ether oxygens (including phenoxy) is 1. The van der Waals surface area contributed by atoms with Crippen LogP contribution in [-0.4, -0.2) is 49.3 Å². The minimum atomic E-state index is -0.699. The van der Waals surface area contributed by atoms with Crippen LogP contribution in [0.1, 0.15) is 39.5 Å². The second kappa shape index (κ2) is 7.10. The average molecular weight is 257 g/mol. The average Bonchev–Trinajstić information content (AvgIpc) is 2.29. The first-order valence-corrected chi connectivity index (χ1v) is 6.91. The number of carbonyl (C=O) groups is 1. The summed E-state index contributed by atoms with van der Waals surface area (Å²) in [5.41, 5.74) is -0.598. The molecule has 0 radical (unpaired) electrons. The lowest BCUT2D eigenvalue weighted by Crippen LogP contribution is -2.31. The Balaban J connectivity index is 2.16. The summed E-state index contributed by atoms with van der Waals surface area (Å²) in [5.74, 6) is 0.0471. The summed E-state index contributed by atoms with van der Waals surface area (Å²) >= 11 is 0. The molecule has 0 bridgehead atoms. The Kier molecular flexibility index (Phi) is 6.09. The Hall–Kier alpha value is -0.610. The monoisotopic (exact) mass is 257 g/mol. The molecule has 0 atom stereocenters. The van der Waals surface area contributed by atoms with Crippen molar-refractivity contribution in [3.05, 3.63) is 0 Å². The van der Waals surface area contributed by atoms with Gasteiger partial charge in [-0.25, -0.2) is 0 Å². The summed E-state index contributed by atoms with van der Waals surface area (Å²) in [7, 11) is 2.13. The zero-order valence-electron chi connectivity index (χ0n) is 11.9. The molecule has 4 nitrogen and oxygen atoms in total. The highest BCUT2D eigenvalue weighted by atomic mass is 16.5. The third-order valence-corrected chi connectivity index (χ3v) is 3.83. The molecular weight excluding hydrogens is 230 g/mol. The summed E-state index contributed by atoms with van der Waals surface area (Å²) in [5, 5.41) is 9.04. The normalized spacial score (nSPS) is 18.2. The van der Waals surface area contributed by atoms with E-state index < -0.39 is 11.4 Å². The Morgan fingerprint density at radius 3 is 2.56 bits per heavy atom. The van der Waals surface area contributed by atoms with Crippen molar-refractivity contribution < 1.29 is 14.6 Å². The predicted octanol–water partition coefficient (Wildman–Crippen LogP) is 2.24. The van der Waals surface area contributed by atoms with E-state index in [4.69, 9.17) is 9.84 Å². The molecule has 0 aliphatic carbocycles. The molecule has 0 spiro atoms. The van der Waals surface area contributed by atoms with Crippen LogP contribution in [0, 0.1) is 11.3 Å². The van der Waals surface area contributed by atoms with Gasteiger partial charge in [-0.2, -0.15) is 0 Å². The van der Waals surface area contributed by atoms with Gasteiger partial charge < -0.3 is 14.7 Å². The van der Waals surface area contributed by atoms with E-state index in [-0.39, 0.29) is 0 Å². The standard InChI is InChI=1S/C14H27NO3/c1-14(2,13(16)17)7-4-8-15(3)11-12-5-9-18-10-6-12/h12H,4-11H2,1-3H3,(H,16,17). The number of nitrogens with zero attached hydrogens (tertiary/aromatic N) is 1. The first-order valence-electron chi connectivity index (χ1n) is 6.91. The van der Waals surface area contributed by atoms with Gasteiger partial charge in [0.15, 0.2) is 0 Å². The van der Waals surface area contributed by atoms with Crippen molar-refractivity contribution in [2.75, 3.05) is 33.4 Å². The summed E-state index contributed by atoms with van der Waals surface area (Å²) in [6.45, 7) is 7.47. The van der Waals surface area contributed by atoms with Gasteiger partial charge in [0.05, 0.1) is 5.41 Å². The molecule has 1 aliphatic rings. The molecule has 0 aromatic heterocycles. The number of carboxylic acids is 1. The Morgan fingerprint density at radius 2 is 2.00 bits per heavy atom. The maximum Gasteiger partial charge on any atom is 0.309 e. The third-order valence-electron chi connectivity index (χ3n) is 3.83. The van der Waals surface area contributed by atoms with Crippen molar-refractivity contribution in [3.63, 3.8) is 0 Å². The molecule has 1 N–H and O–H groups in total. The summed E-state index contributed by atoms with van der Waals surface area (Å²) in [6.07, 6.45) is 4.00. The van der Waals surface area contributed by atoms with E-state index in [9.17, 15) is 4.79 Å². The predicted molar refractivity (Wildman–Crippen MR) is 71.7 cm³/mol. The number of aliphatic carboxylic acids is 1. The van der Waals surface area contributed by atoms with E-state index in [1.807, 2.05) is 0 Å². The molecule has 18 heavy (non-hydrogen) atoms. The highest BCUT2D eigenvalue weighted by molar-refractivity contribution is 5.73. The van der Waals surface area contributed by atoms with E-state index in [2.05, 4.69) is 11.9 Å². The van der Waals surface area contributed by atoms with E-state index in [1.165, 1.54) is 0 Å². The van der Waals surface area contributed by atoms with Crippen LogP contribution in [0.2, 0.25) is 0 Å². The van der Waals surface area contributed by atoms with E-state index in [0.717, 1.165) is 57.9 Å². The first kappa shape index (κ1) is 15.4. The SMILES string of the molecule is CN(CCCC(C)(C)C(=O)O)CC1CCOCC1. The molecule has 1 rings (SSSR count). The Bertz CT molecular complexity index is 260. The highest BCUT2D eigenvalue weighted by Crippen LogP contribution is 2.23. The largest absolute Gasteiger partial charge is 0.481 e. The lowest BCUT2D eigenvalue weighted by molar-refractivity contribution is -0.147. The van der Waals surface area contributed by atoms with Crippen molar-refractivity contribution in [2.24, 2.45) is 11.3 Å². The smallest absolute Gasteiger partial charge is 0.309 e. The van der Waals surface area contributed by atoms with Gasteiger partial charge in [-0.3, -0.25) is 4.79 Å². The second-order valence-electron chi connectivity index (χ2n) is 6.11. The zero-order valence-corrected chi connectivity index (χ0v) is 11.9. The van der Waals surface area contributed by atoms with Gasteiger partial charge in [-0.1, -0.05) is 0 Å². The van der Waals surface area contributed by atoms with Crippen LogP contribution in [-0.2, 0) is 9.53 Å². The van der Waals surface area contributed by atoms with E-state index in [1.54, 1.807) is 13.8 Å². The molecule has 0 unspecified atom stereocenters. The Morgan fingerprint density at radius 1 is 1.39 bits per heavy atom. The number of rotatable bonds is 7. The van der Waals surface area contributed by atoms with Crippen molar-refractivity contribution in [2.45, 2.75) is 39.5 Å². The fourth-order valence-electron chi connectivity index (χ4n) is 2.36. The molecule has 1 fully saturated rings. The molecule has 4 heteroatoms. The van der Waals surface area contributed by atoms with Gasteiger partial charge in [0.2, 0.25) is 0 Å². The summed E-state index contributed by atoms with van der Waals surface area (Å²) in [6, 6.07) is 0. The lowest BCUT2D eigenvalue weighted by Gasteiger charge is -2.28. The van der Waals surface area contributed by atoms with Crippen LogP contribution >= 0.6 is 0 Å². The van der Waals surface area contributed by atoms with Crippen molar-refractivity contribution in [1.82, 2.24) is 4.90 Å². The summed E-state index contributed by atoms with van der Waals surface area (Å²) in [4.78, 5) is 13.3. The van der Waals surface area contributed by atoms with Crippen LogP contribution in [0.5, 0.6) is 0 Å². The van der Waals surface area contributed by atoms with Crippen molar-refractivity contribution in [3.8, 4) is 0 Å². The highest BCUT2D eigenvalue weighted by Gasteiger charge is 2.26. The van der Waals surface area contributed by atoms with E-state index >= 15 is 0 Å². The topological polar surface area (TPSA) is 49.8 Å². The number of hydrogen-bond donors (Lipinski definition) is 1. The molecular formula is C14H27NO3. The maximum atomic E-state index is 11.0. The number of hydrogen-bond acceptors (Lipinski definition) is 3. The summed E-state index contributed by atoms with van der Waals surface area (Å²) < 4.78 is 5.35. The van der Waals surface area contributed by atoms with Gasteiger partial charge in [-0.15, -0.1) is 0 Å². The molecule has 1 saturated heterocycles. The van der Waals surface area contributed by atoms with Gasteiger partial charge in [-0.05, 0) is 59.0 Å². The van der Waals surface area contributed by atoms with Crippen LogP contribution in [0.4, 0.5) is 0 Å². The van der Waals surface area contributed by atoms with Crippen LogP contribution < -0.4 is 0 Å². The van der Waals surface area contributed by atoms with Crippen LogP contribution in [0.15, 0.2) is 0 Å². The molecule has 0 aromatic carbocycles. The van der Waals surface area contributed by atoms with Crippen molar-refractivity contribution in [1.29, 1.82) is 0 Å². The third kappa shape index (κ3) is 5.36. The van der Waals surface area contributed by atoms with Gasteiger partial charge in [0.25, 0.3) is 0 Å². The zero-order chi connectivity index (χ0) is 13.6. The van der Waals surface area contributed by atoms with Gasteiger partial charge in [0, 0.05) is 19.8 Å². The minimum absolute atomic E-state index is 0.598. The lowest BCUT2D eigenvalue weighted by atomic mass is 9.88. The minimum Gasteiger partial charge on any atom is -0.481 e. The molecule has 1 aliphatic heterocycles. The fraction of sp³-hybridized carbons (Fsp3) is 0.929. The van der Waals surface area contributed by atoms with Crippen LogP contribution in [0.25, 0.3) is 0 Å². The molecule has 0 amide bonds. The van der Waals surface area contributed by atoms with Crippen LogP contribution in [0.3, 0.4) is 0 Å². The molecule has 1 heterocycles. The Labute approximate surface area is 110 Å². The molecule has 0 saturated carbocycles. The maximum absolute atomic E-state index is 11.0. The number of carboxylic acid groups (broad SMARTS) is 1. The van der Waals surface area contributed by atoms with Crippen molar-refractivity contribution >= 4 is 5.97 Å². The van der Waals surface area contributed by atoms with Gasteiger partial charge in [0.1, 0.15) is 0 Å². The molecule has 106 valence electrons. The quantitative estimate of drug-likeness (QED) is 0.760.